The maximum Gasteiger partial charge on any atom is 0.131 e. The molecule has 0 heterocycles. The van der Waals surface area contributed by atoms with E-state index in [0.29, 0.717) is 6.42 Å². The van der Waals surface area contributed by atoms with Gasteiger partial charge in [0.25, 0.3) is 0 Å². The summed E-state index contributed by atoms with van der Waals surface area (Å²) in [4.78, 5) is 12.6. The Hall–Kier alpha value is -1.25. The lowest BCUT2D eigenvalue weighted by molar-refractivity contribution is -0.117. The van der Waals surface area contributed by atoms with E-state index < -0.39 is 0 Å². The highest BCUT2D eigenvalue weighted by Crippen LogP contribution is 2.40. The summed E-state index contributed by atoms with van der Waals surface area (Å²) in [7, 11) is 0. The first-order chi connectivity index (χ1) is 9.16. The molecule has 0 amide bonds. The summed E-state index contributed by atoms with van der Waals surface area (Å²) < 4.78 is 0. The molecule has 3 heteroatoms. The van der Waals surface area contributed by atoms with Crippen LogP contribution < -0.4 is 0 Å². The molecule has 0 saturated heterocycles. The summed E-state index contributed by atoms with van der Waals surface area (Å²) in [6.45, 7) is 1.62. The normalized spacial score (nSPS) is 12.1. The molecule has 1 atom stereocenters. The van der Waals surface area contributed by atoms with E-state index in [1.807, 2.05) is 42.5 Å². The standard InChI is InChI=1S/C16H15ClOS/c1-12(18)11-16(14-9-5-6-10-15(14)17)19-13-7-3-2-4-8-13/h2-10,16H,11H2,1H3. The summed E-state index contributed by atoms with van der Waals surface area (Å²) in [5, 5.41) is 0.783. The van der Waals surface area contributed by atoms with E-state index in [1.54, 1.807) is 18.7 Å². The van der Waals surface area contributed by atoms with Crippen molar-refractivity contribution in [3.05, 3.63) is 65.2 Å². The zero-order valence-electron chi connectivity index (χ0n) is 10.7. The second-order valence-electron chi connectivity index (χ2n) is 4.35. The number of halogens is 1. The molecule has 19 heavy (non-hydrogen) atoms. The highest BCUT2D eigenvalue weighted by molar-refractivity contribution is 7.99. The third-order valence-electron chi connectivity index (χ3n) is 2.75. The van der Waals surface area contributed by atoms with E-state index in [4.69, 9.17) is 11.6 Å². The van der Waals surface area contributed by atoms with Gasteiger partial charge in [0.05, 0.1) is 0 Å². The predicted molar refractivity (Wildman–Crippen MR) is 81.8 cm³/mol. The Kier molecular flexibility index (Phi) is 5.06. The van der Waals surface area contributed by atoms with Crippen LogP contribution in [-0.2, 0) is 4.79 Å². The predicted octanol–water partition coefficient (Wildman–Crippen LogP) is 5.15. The Balaban J connectivity index is 2.26. The van der Waals surface area contributed by atoms with Crippen molar-refractivity contribution in [1.82, 2.24) is 0 Å². The van der Waals surface area contributed by atoms with Gasteiger partial charge in [-0.15, -0.1) is 11.8 Å². The summed E-state index contributed by atoms with van der Waals surface area (Å²) in [5.41, 5.74) is 1.02. The van der Waals surface area contributed by atoms with Crippen LogP contribution in [0.3, 0.4) is 0 Å². The van der Waals surface area contributed by atoms with Crippen LogP contribution in [0.15, 0.2) is 59.5 Å². The third kappa shape index (κ3) is 4.12. The van der Waals surface area contributed by atoms with Crippen LogP contribution in [0.1, 0.15) is 24.2 Å². The van der Waals surface area contributed by atoms with E-state index in [2.05, 4.69) is 12.1 Å². The van der Waals surface area contributed by atoms with Crippen LogP contribution in [0, 0.1) is 0 Å². The van der Waals surface area contributed by atoms with Crippen LogP contribution >= 0.6 is 23.4 Å². The fourth-order valence-electron chi connectivity index (χ4n) is 1.88. The molecule has 0 bridgehead atoms. The first-order valence-electron chi connectivity index (χ1n) is 6.12. The second-order valence-corrected chi connectivity index (χ2v) is 6.03. The summed E-state index contributed by atoms with van der Waals surface area (Å²) in [6, 6.07) is 17.8. The van der Waals surface area contributed by atoms with Crippen molar-refractivity contribution in [2.45, 2.75) is 23.5 Å². The molecular formula is C16H15ClOS. The largest absolute Gasteiger partial charge is 0.300 e. The van der Waals surface area contributed by atoms with Crippen molar-refractivity contribution in [3.63, 3.8) is 0 Å². The molecule has 1 nitrogen and oxygen atoms in total. The highest BCUT2D eigenvalue weighted by Gasteiger charge is 2.17. The van der Waals surface area contributed by atoms with Crippen LogP contribution in [0.2, 0.25) is 5.02 Å². The van der Waals surface area contributed by atoms with E-state index >= 15 is 0 Å². The van der Waals surface area contributed by atoms with Gasteiger partial charge in [0.15, 0.2) is 0 Å². The number of benzene rings is 2. The Morgan fingerprint density at radius 3 is 2.37 bits per heavy atom. The number of thioether (sulfide) groups is 1. The molecule has 0 spiro atoms. The first kappa shape index (κ1) is 14.2. The Bertz CT molecular complexity index is 554. The van der Waals surface area contributed by atoms with Crippen molar-refractivity contribution in [3.8, 4) is 0 Å². The average molecular weight is 291 g/mol. The Morgan fingerprint density at radius 2 is 1.74 bits per heavy atom. The van der Waals surface area contributed by atoms with Crippen molar-refractivity contribution in [2.75, 3.05) is 0 Å². The molecular weight excluding hydrogens is 276 g/mol. The second kappa shape index (κ2) is 6.78. The lowest BCUT2D eigenvalue weighted by atomic mass is 10.1. The van der Waals surface area contributed by atoms with Crippen molar-refractivity contribution in [1.29, 1.82) is 0 Å². The lowest BCUT2D eigenvalue weighted by Crippen LogP contribution is -2.01. The number of hydrogen-bond acceptors (Lipinski definition) is 2. The van der Waals surface area contributed by atoms with Crippen LogP contribution in [0.25, 0.3) is 0 Å². The molecule has 0 aliphatic rings. The van der Waals surface area contributed by atoms with Gasteiger partial charge in [-0.05, 0) is 30.7 Å². The van der Waals surface area contributed by atoms with Gasteiger partial charge in [-0.3, -0.25) is 4.79 Å². The lowest BCUT2D eigenvalue weighted by Gasteiger charge is -2.17. The van der Waals surface area contributed by atoms with Crippen molar-refractivity contribution in [2.24, 2.45) is 0 Å². The molecule has 2 rings (SSSR count). The van der Waals surface area contributed by atoms with Gasteiger partial charge in [-0.1, -0.05) is 48.0 Å². The van der Waals surface area contributed by atoms with E-state index in [1.165, 1.54) is 0 Å². The summed E-state index contributed by atoms with van der Waals surface area (Å²) in [5.74, 6) is 0.174. The van der Waals surface area contributed by atoms with Gasteiger partial charge >= 0.3 is 0 Å². The zero-order chi connectivity index (χ0) is 13.7. The van der Waals surface area contributed by atoms with Gasteiger partial charge in [-0.25, -0.2) is 0 Å². The van der Waals surface area contributed by atoms with E-state index in [9.17, 15) is 4.79 Å². The number of ketones is 1. The van der Waals surface area contributed by atoms with Crippen LogP contribution in [-0.4, -0.2) is 5.78 Å². The minimum absolute atomic E-state index is 0.0635. The molecule has 1 unspecified atom stereocenters. The molecule has 0 aliphatic heterocycles. The molecule has 0 aliphatic carbocycles. The molecule has 0 radical (unpaired) electrons. The fraction of sp³-hybridized carbons (Fsp3) is 0.188. The molecule has 2 aromatic rings. The monoisotopic (exact) mass is 290 g/mol. The smallest absolute Gasteiger partial charge is 0.131 e. The van der Waals surface area contributed by atoms with E-state index in [0.717, 1.165) is 15.5 Å². The van der Waals surface area contributed by atoms with Gasteiger partial charge < -0.3 is 0 Å². The van der Waals surface area contributed by atoms with Gasteiger partial charge in [-0.2, -0.15) is 0 Å². The molecule has 2 aromatic carbocycles. The SMILES string of the molecule is CC(=O)CC(Sc1ccccc1)c1ccccc1Cl. The first-order valence-corrected chi connectivity index (χ1v) is 7.38. The molecule has 98 valence electrons. The summed E-state index contributed by atoms with van der Waals surface area (Å²) >= 11 is 7.92. The quantitative estimate of drug-likeness (QED) is 0.708. The highest BCUT2D eigenvalue weighted by atomic mass is 35.5. The van der Waals surface area contributed by atoms with Gasteiger partial charge in [0.2, 0.25) is 0 Å². The molecule has 0 saturated carbocycles. The average Bonchev–Trinajstić information content (AvgIpc) is 2.39. The molecule has 0 N–H and O–H groups in total. The summed E-state index contributed by atoms with van der Waals surface area (Å²) in [6.07, 6.45) is 0.489. The fourth-order valence-corrected chi connectivity index (χ4v) is 3.50. The maximum atomic E-state index is 11.5. The van der Waals surface area contributed by atoms with Crippen LogP contribution in [0.4, 0.5) is 0 Å². The minimum Gasteiger partial charge on any atom is -0.300 e. The number of hydrogen-bond donors (Lipinski definition) is 0. The number of rotatable bonds is 5. The Labute approximate surface area is 123 Å². The van der Waals surface area contributed by atoms with Crippen LogP contribution in [0.5, 0.6) is 0 Å². The minimum atomic E-state index is 0.0635. The Morgan fingerprint density at radius 1 is 1.11 bits per heavy atom. The maximum absolute atomic E-state index is 11.5. The topological polar surface area (TPSA) is 17.1 Å². The van der Waals surface area contributed by atoms with Gasteiger partial charge in [0, 0.05) is 21.6 Å². The number of carbonyl (C=O) groups is 1. The number of carbonyl (C=O) groups excluding carboxylic acids is 1. The van der Waals surface area contributed by atoms with Crippen molar-refractivity contribution < 1.29 is 4.79 Å². The number of Topliss-reactive ketones (excluding diaryl/α,β-unsaturated/α-hetero) is 1. The molecule has 0 fully saturated rings. The third-order valence-corrected chi connectivity index (χ3v) is 4.34. The van der Waals surface area contributed by atoms with Crippen molar-refractivity contribution >= 4 is 29.1 Å². The zero-order valence-corrected chi connectivity index (χ0v) is 12.2. The van der Waals surface area contributed by atoms with E-state index in [-0.39, 0.29) is 11.0 Å². The molecule has 0 aromatic heterocycles. The van der Waals surface area contributed by atoms with Gasteiger partial charge in [0.1, 0.15) is 5.78 Å².